The second-order valence-corrected chi connectivity index (χ2v) is 17.0. The van der Waals surface area contributed by atoms with Gasteiger partial charge in [0.2, 0.25) is 0 Å². The van der Waals surface area contributed by atoms with Crippen LogP contribution in [0.3, 0.4) is 0 Å². The van der Waals surface area contributed by atoms with E-state index in [1.165, 1.54) is 0 Å². The molecule has 1 fully saturated rings. The van der Waals surface area contributed by atoms with E-state index in [0.29, 0.717) is 51.5 Å². The molecule has 0 heterocycles. The minimum atomic E-state index is -3.07. The van der Waals surface area contributed by atoms with Crippen LogP contribution in [0.1, 0.15) is 101 Å². The van der Waals surface area contributed by atoms with Gasteiger partial charge < -0.3 is 24.8 Å². The molecule has 1 rings (SSSR count). The van der Waals surface area contributed by atoms with Crippen molar-refractivity contribution in [2.45, 2.75) is 125 Å². The molecular weight excluding hydrogens is 488 g/mol. The Kier molecular flexibility index (Phi) is 14.0. The van der Waals surface area contributed by atoms with Crippen molar-refractivity contribution in [1.82, 2.24) is 10.6 Å². The van der Waals surface area contributed by atoms with E-state index in [-0.39, 0.29) is 33.4 Å². The van der Waals surface area contributed by atoms with Crippen molar-refractivity contribution < 1.29 is 22.6 Å². The molecule has 1 aliphatic carbocycles. The summed E-state index contributed by atoms with van der Waals surface area (Å²) < 4.78 is 42.0. The summed E-state index contributed by atoms with van der Waals surface area (Å²) in [6.07, 6.45) is 4.95. The lowest BCUT2D eigenvalue weighted by Crippen LogP contribution is -2.54. The molecule has 0 aromatic rings. The van der Waals surface area contributed by atoms with Gasteiger partial charge in [0.05, 0.1) is 44.0 Å². The molecular formula is C29H60N2O5S. The number of nitrogens with one attached hydrogen (secondary N) is 2. The van der Waals surface area contributed by atoms with Crippen LogP contribution in [0.4, 0.5) is 0 Å². The van der Waals surface area contributed by atoms with Gasteiger partial charge in [-0.25, -0.2) is 8.42 Å². The summed E-state index contributed by atoms with van der Waals surface area (Å²) in [6, 6.07) is 0.490. The van der Waals surface area contributed by atoms with Crippen LogP contribution in [0.15, 0.2) is 0 Å². The van der Waals surface area contributed by atoms with Crippen molar-refractivity contribution in [2.75, 3.05) is 51.1 Å². The predicted molar refractivity (Wildman–Crippen MR) is 155 cm³/mol. The fourth-order valence-electron chi connectivity index (χ4n) is 4.22. The Morgan fingerprint density at radius 2 is 1.27 bits per heavy atom. The van der Waals surface area contributed by atoms with E-state index in [4.69, 9.17) is 14.2 Å². The van der Waals surface area contributed by atoms with Gasteiger partial charge in [0.1, 0.15) is 0 Å². The molecule has 0 bridgehead atoms. The molecule has 0 unspecified atom stereocenters. The number of rotatable bonds is 19. The zero-order chi connectivity index (χ0) is 28.4. The molecule has 2 N–H and O–H groups in total. The molecule has 0 saturated heterocycles. The Bertz CT molecular complexity index is 732. The minimum Gasteiger partial charge on any atom is -0.381 e. The molecule has 0 atom stereocenters. The molecule has 0 aromatic heterocycles. The van der Waals surface area contributed by atoms with Crippen LogP contribution in [-0.4, -0.2) is 82.7 Å². The Morgan fingerprint density at radius 3 is 1.84 bits per heavy atom. The first-order valence-electron chi connectivity index (χ1n) is 14.3. The van der Waals surface area contributed by atoms with Crippen molar-refractivity contribution in [2.24, 2.45) is 10.8 Å². The lowest BCUT2D eigenvalue weighted by atomic mass is 9.84. The maximum atomic E-state index is 12.4. The van der Waals surface area contributed by atoms with Gasteiger partial charge in [-0.15, -0.1) is 0 Å². The van der Waals surface area contributed by atoms with Crippen LogP contribution in [-0.2, 0) is 24.0 Å². The van der Waals surface area contributed by atoms with Crippen LogP contribution < -0.4 is 10.6 Å². The van der Waals surface area contributed by atoms with E-state index in [0.717, 1.165) is 32.3 Å². The first-order chi connectivity index (χ1) is 16.8. The molecule has 1 aliphatic rings. The maximum absolute atomic E-state index is 12.4. The molecule has 0 aliphatic heterocycles. The zero-order valence-corrected chi connectivity index (χ0v) is 26.6. The summed E-state index contributed by atoms with van der Waals surface area (Å²) >= 11 is 0. The molecule has 8 heteroatoms. The van der Waals surface area contributed by atoms with E-state index < -0.39 is 9.84 Å². The molecule has 1 saturated carbocycles. The number of hydrogen-bond donors (Lipinski definition) is 2. The predicted octanol–water partition coefficient (Wildman–Crippen LogP) is 4.98. The lowest BCUT2D eigenvalue weighted by molar-refractivity contribution is -0.0528. The van der Waals surface area contributed by atoms with E-state index in [9.17, 15) is 8.42 Å². The Hall–Kier alpha value is -0.250. The molecule has 0 aromatic carbocycles. The topological polar surface area (TPSA) is 85.9 Å². The van der Waals surface area contributed by atoms with Crippen LogP contribution in [0, 0.1) is 10.8 Å². The van der Waals surface area contributed by atoms with Gasteiger partial charge in [-0.3, -0.25) is 0 Å². The maximum Gasteiger partial charge on any atom is 0.151 e. The number of hydrogen-bond acceptors (Lipinski definition) is 7. The van der Waals surface area contributed by atoms with E-state index in [2.05, 4.69) is 79.9 Å². The molecule has 37 heavy (non-hydrogen) atoms. The third-order valence-corrected chi connectivity index (χ3v) is 8.21. The highest BCUT2D eigenvalue weighted by molar-refractivity contribution is 7.91. The van der Waals surface area contributed by atoms with Crippen LogP contribution in [0.25, 0.3) is 0 Å². The van der Waals surface area contributed by atoms with E-state index in [1.54, 1.807) is 0 Å². The summed E-state index contributed by atoms with van der Waals surface area (Å²) in [6.45, 7) is 25.4. The first kappa shape index (κ1) is 34.8. The third-order valence-electron chi connectivity index (χ3n) is 6.48. The standard InChI is InChI=1S/C29H60N2O5S/c1-26(2,3)22-34-15-11-18-37(32,33)19-14-30-28(7,8)12-13-29(9,10)31-24-20-25(21-24)36-17-16-35-23-27(4,5)6/h24-25,30-31H,11-23H2,1-10H3/t24-,25-. The van der Waals surface area contributed by atoms with Crippen molar-refractivity contribution in [1.29, 1.82) is 0 Å². The highest BCUT2D eigenvalue weighted by atomic mass is 32.2. The second-order valence-electron chi connectivity index (χ2n) is 14.7. The monoisotopic (exact) mass is 548 g/mol. The van der Waals surface area contributed by atoms with Gasteiger partial charge in [0, 0.05) is 30.3 Å². The highest BCUT2D eigenvalue weighted by Crippen LogP contribution is 2.28. The van der Waals surface area contributed by atoms with Gasteiger partial charge in [-0.05, 0) is 70.6 Å². The average Bonchev–Trinajstić information content (AvgIpc) is 2.67. The Balaban J connectivity index is 2.19. The number of ether oxygens (including phenoxy) is 3. The van der Waals surface area contributed by atoms with Crippen molar-refractivity contribution >= 4 is 9.84 Å². The van der Waals surface area contributed by atoms with Gasteiger partial charge in [-0.1, -0.05) is 41.5 Å². The summed E-state index contributed by atoms with van der Waals surface area (Å²) in [5.74, 6) is 0.355. The highest BCUT2D eigenvalue weighted by Gasteiger charge is 2.34. The van der Waals surface area contributed by atoms with Crippen molar-refractivity contribution in [3.05, 3.63) is 0 Å². The molecule has 0 spiro atoms. The largest absolute Gasteiger partial charge is 0.381 e. The minimum absolute atomic E-state index is 0.0174. The average molecular weight is 549 g/mol. The molecule has 0 radical (unpaired) electrons. The molecule has 222 valence electrons. The van der Waals surface area contributed by atoms with Crippen LogP contribution in [0.2, 0.25) is 0 Å². The smallest absolute Gasteiger partial charge is 0.151 e. The van der Waals surface area contributed by atoms with Crippen LogP contribution in [0.5, 0.6) is 0 Å². The summed E-state index contributed by atoms with van der Waals surface area (Å²) in [5, 5.41) is 7.26. The normalized spacial score (nSPS) is 19.7. The van der Waals surface area contributed by atoms with E-state index in [1.807, 2.05) is 0 Å². The van der Waals surface area contributed by atoms with Crippen molar-refractivity contribution in [3.8, 4) is 0 Å². The number of sulfone groups is 1. The Labute approximate surface area is 229 Å². The summed E-state index contributed by atoms with van der Waals surface area (Å²) in [5.41, 5.74) is 0.195. The zero-order valence-electron chi connectivity index (χ0n) is 25.8. The lowest BCUT2D eigenvalue weighted by Gasteiger charge is -2.42. The second kappa shape index (κ2) is 14.9. The summed E-state index contributed by atoms with van der Waals surface area (Å²) in [4.78, 5) is 0. The quantitative estimate of drug-likeness (QED) is 0.220. The molecule has 0 amide bonds. The fraction of sp³-hybridized carbons (Fsp3) is 1.00. The van der Waals surface area contributed by atoms with Crippen LogP contribution >= 0.6 is 0 Å². The van der Waals surface area contributed by atoms with Gasteiger partial charge in [-0.2, -0.15) is 0 Å². The molecule has 7 nitrogen and oxygen atoms in total. The third kappa shape index (κ3) is 18.6. The van der Waals surface area contributed by atoms with Gasteiger partial charge in [0.25, 0.3) is 0 Å². The van der Waals surface area contributed by atoms with Gasteiger partial charge >= 0.3 is 0 Å². The van der Waals surface area contributed by atoms with Crippen molar-refractivity contribution in [3.63, 3.8) is 0 Å². The first-order valence-corrected chi connectivity index (χ1v) is 16.1. The van der Waals surface area contributed by atoms with Gasteiger partial charge in [0.15, 0.2) is 9.84 Å². The summed E-state index contributed by atoms with van der Waals surface area (Å²) in [7, 11) is -3.07. The fourth-order valence-corrected chi connectivity index (χ4v) is 5.39. The Morgan fingerprint density at radius 1 is 0.730 bits per heavy atom. The van der Waals surface area contributed by atoms with E-state index >= 15 is 0 Å². The SMILES string of the molecule is CC(C)(C)COCCCS(=O)(=O)CCNC(C)(C)CCC(C)(C)N[C@H]1C[C@H](OCCOCC(C)(C)C)C1.